The summed E-state index contributed by atoms with van der Waals surface area (Å²) in [7, 11) is 0. The molecule has 0 aliphatic heterocycles. The van der Waals surface area contributed by atoms with Gasteiger partial charge in [0.15, 0.2) is 0 Å². The Morgan fingerprint density at radius 3 is 1.89 bits per heavy atom. The Balaban J connectivity index is 1.12. The van der Waals surface area contributed by atoms with Crippen molar-refractivity contribution in [2.24, 2.45) is 10.7 Å². The van der Waals surface area contributed by atoms with Gasteiger partial charge in [-0.3, -0.25) is 4.57 Å². The SMILES string of the molecule is NC(=Nc1ccccc1)c1ccc2c(-c3ccc4ccccc4c3)c3cc(-c4nc5ccccc5[nH]4)ccc3c(-c3ccc(-c4nc5ccccc5n4-c4ccccc4)cc3)c2c1. The van der Waals surface area contributed by atoms with E-state index in [-0.39, 0.29) is 0 Å². The Morgan fingerprint density at radius 2 is 1.08 bits per heavy atom. The van der Waals surface area contributed by atoms with Gasteiger partial charge in [-0.1, -0.05) is 146 Å². The molecule has 12 rings (SSSR count). The third-order valence-electron chi connectivity index (χ3n) is 12.1. The number of rotatable bonds is 7. The highest BCUT2D eigenvalue weighted by molar-refractivity contribution is 6.23. The molecular formula is C57H38N6. The summed E-state index contributed by atoms with van der Waals surface area (Å²) in [4.78, 5) is 18.6. The van der Waals surface area contributed by atoms with Crippen LogP contribution in [0.1, 0.15) is 5.56 Å². The van der Waals surface area contributed by atoms with Gasteiger partial charge in [0.25, 0.3) is 0 Å². The molecule has 0 radical (unpaired) electrons. The summed E-state index contributed by atoms with van der Waals surface area (Å²) in [5.41, 5.74) is 20.0. The summed E-state index contributed by atoms with van der Waals surface area (Å²) >= 11 is 0. The molecule has 0 spiro atoms. The van der Waals surface area contributed by atoms with Crippen LogP contribution in [0.3, 0.4) is 0 Å². The Bertz CT molecular complexity index is 3700. The molecule has 2 heterocycles. The van der Waals surface area contributed by atoms with Crippen LogP contribution in [-0.2, 0) is 0 Å². The van der Waals surface area contributed by atoms with E-state index in [0.29, 0.717) is 5.84 Å². The van der Waals surface area contributed by atoms with Gasteiger partial charge in [0.2, 0.25) is 0 Å². The Kier molecular flexibility index (Phi) is 8.54. The summed E-state index contributed by atoms with van der Waals surface area (Å²) in [5.74, 6) is 2.17. The number of aliphatic imine (C=N–C) groups is 1. The van der Waals surface area contributed by atoms with Crippen LogP contribution in [0.2, 0.25) is 0 Å². The lowest BCUT2D eigenvalue weighted by atomic mass is 9.84. The molecule has 0 saturated heterocycles. The largest absolute Gasteiger partial charge is 0.383 e. The normalized spacial score (nSPS) is 12.0. The third-order valence-corrected chi connectivity index (χ3v) is 12.1. The van der Waals surface area contributed by atoms with E-state index < -0.39 is 0 Å². The van der Waals surface area contributed by atoms with Crippen LogP contribution >= 0.6 is 0 Å². The number of aromatic nitrogens is 4. The minimum Gasteiger partial charge on any atom is -0.383 e. The van der Waals surface area contributed by atoms with Gasteiger partial charge < -0.3 is 10.7 Å². The van der Waals surface area contributed by atoms with E-state index >= 15 is 0 Å². The topological polar surface area (TPSA) is 84.9 Å². The quantitative estimate of drug-likeness (QED) is 0.0955. The number of aromatic amines is 1. The molecule has 6 nitrogen and oxygen atoms in total. The molecule has 2 aromatic heterocycles. The van der Waals surface area contributed by atoms with Gasteiger partial charge in [0.05, 0.1) is 27.8 Å². The molecule has 63 heavy (non-hydrogen) atoms. The van der Waals surface area contributed by atoms with E-state index in [1.807, 2.05) is 60.7 Å². The molecule has 0 saturated carbocycles. The minimum absolute atomic E-state index is 0.455. The van der Waals surface area contributed by atoms with Crippen LogP contribution in [0, 0.1) is 0 Å². The van der Waals surface area contributed by atoms with Crippen molar-refractivity contribution >= 4 is 65.9 Å². The number of fused-ring (bicyclic) bond motifs is 5. The van der Waals surface area contributed by atoms with Crippen molar-refractivity contribution in [1.82, 2.24) is 19.5 Å². The first-order valence-corrected chi connectivity index (χ1v) is 21.1. The van der Waals surface area contributed by atoms with E-state index in [9.17, 15) is 0 Å². The maximum Gasteiger partial charge on any atom is 0.145 e. The molecule has 0 atom stereocenters. The molecule has 12 aromatic rings. The van der Waals surface area contributed by atoms with Crippen molar-refractivity contribution in [1.29, 1.82) is 0 Å². The first kappa shape index (κ1) is 36.3. The van der Waals surface area contributed by atoms with Gasteiger partial charge in [-0.05, 0) is 121 Å². The zero-order chi connectivity index (χ0) is 41.9. The van der Waals surface area contributed by atoms with Crippen molar-refractivity contribution in [3.05, 3.63) is 218 Å². The van der Waals surface area contributed by atoms with Crippen molar-refractivity contribution in [3.8, 4) is 50.7 Å². The molecule has 0 unspecified atom stereocenters. The second-order valence-corrected chi connectivity index (χ2v) is 15.9. The maximum absolute atomic E-state index is 6.86. The van der Waals surface area contributed by atoms with E-state index in [1.165, 1.54) is 10.8 Å². The van der Waals surface area contributed by atoms with E-state index in [4.69, 9.17) is 20.7 Å². The highest BCUT2D eigenvalue weighted by Crippen LogP contribution is 2.46. The first-order valence-electron chi connectivity index (χ1n) is 21.1. The lowest BCUT2D eigenvalue weighted by Gasteiger charge is -2.20. The average molecular weight is 807 g/mol. The van der Waals surface area contributed by atoms with Gasteiger partial charge in [-0.15, -0.1) is 0 Å². The van der Waals surface area contributed by atoms with Crippen LogP contribution in [-0.4, -0.2) is 25.4 Å². The Hall–Kier alpha value is -8.61. The molecule has 10 aromatic carbocycles. The van der Waals surface area contributed by atoms with Crippen molar-refractivity contribution < 1.29 is 0 Å². The number of hydrogen-bond acceptors (Lipinski definition) is 3. The second-order valence-electron chi connectivity index (χ2n) is 15.9. The smallest absolute Gasteiger partial charge is 0.145 e. The summed E-state index contributed by atoms with van der Waals surface area (Å²) < 4.78 is 2.24. The highest BCUT2D eigenvalue weighted by atomic mass is 15.1. The average Bonchev–Trinajstić information content (AvgIpc) is 3.96. The van der Waals surface area contributed by atoms with Crippen molar-refractivity contribution in [3.63, 3.8) is 0 Å². The van der Waals surface area contributed by atoms with E-state index in [2.05, 4.69) is 161 Å². The van der Waals surface area contributed by atoms with Crippen LogP contribution < -0.4 is 5.73 Å². The number of nitrogens with one attached hydrogen (secondary N) is 1. The van der Waals surface area contributed by atoms with Gasteiger partial charge in [0, 0.05) is 22.4 Å². The fraction of sp³-hybridized carbons (Fsp3) is 0. The minimum atomic E-state index is 0.455. The zero-order valence-corrected chi connectivity index (χ0v) is 34.1. The van der Waals surface area contributed by atoms with Crippen LogP contribution in [0.25, 0.3) is 105 Å². The number of nitrogens with zero attached hydrogens (tertiary/aromatic N) is 4. The number of H-pyrrole nitrogens is 1. The lowest BCUT2D eigenvalue weighted by molar-refractivity contribution is 1.10. The van der Waals surface area contributed by atoms with Crippen LogP contribution in [0.15, 0.2) is 217 Å². The third kappa shape index (κ3) is 6.32. The predicted octanol–water partition coefficient (Wildman–Crippen LogP) is 14.1. The molecule has 0 bridgehead atoms. The standard InChI is InChI=1S/C57H38N6/c58-55(59-43-15-3-1-4-16-43)41-29-31-46-47(34-41)53(37-24-26-38(27-25-37)57-62-51-21-11-12-22-52(51)63(57)44-17-5-2-6-18-44)45-32-30-42(56-60-49-19-9-10-20-50(49)61-56)35-48(45)54(46)40-28-23-36-13-7-8-14-39(36)33-40/h1-35H,(H2,58,59)(H,60,61). The maximum atomic E-state index is 6.86. The van der Waals surface area contributed by atoms with Gasteiger partial charge >= 0.3 is 0 Å². The number of hydrogen-bond donors (Lipinski definition) is 2. The molecule has 3 N–H and O–H groups in total. The first-order chi connectivity index (χ1) is 31.1. The fourth-order valence-electron chi connectivity index (χ4n) is 9.14. The number of nitrogens with two attached hydrogens (primary N) is 1. The number of amidine groups is 1. The molecule has 6 heteroatoms. The molecule has 0 amide bonds. The summed E-state index contributed by atoms with van der Waals surface area (Å²) in [5, 5.41) is 6.81. The monoisotopic (exact) mass is 806 g/mol. The Morgan fingerprint density at radius 1 is 0.460 bits per heavy atom. The van der Waals surface area contributed by atoms with Crippen LogP contribution in [0.5, 0.6) is 0 Å². The Labute approximate surface area is 363 Å². The molecule has 0 fully saturated rings. The van der Waals surface area contributed by atoms with Crippen molar-refractivity contribution in [2.45, 2.75) is 0 Å². The molecule has 0 aliphatic carbocycles. The molecule has 0 aliphatic rings. The van der Waals surface area contributed by atoms with Crippen molar-refractivity contribution in [2.75, 3.05) is 0 Å². The van der Waals surface area contributed by atoms with Gasteiger partial charge in [-0.25, -0.2) is 15.0 Å². The van der Waals surface area contributed by atoms with E-state index in [0.717, 1.165) is 106 Å². The molecular weight excluding hydrogens is 769 g/mol. The highest BCUT2D eigenvalue weighted by Gasteiger charge is 2.21. The summed E-state index contributed by atoms with van der Waals surface area (Å²) in [6.07, 6.45) is 0. The van der Waals surface area contributed by atoms with Crippen LogP contribution in [0.4, 0.5) is 5.69 Å². The summed E-state index contributed by atoms with van der Waals surface area (Å²) in [6.45, 7) is 0. The van der Waals surface area contributed by atoms with E-state index in [1.54, 1.807) is 0 Å². The molecule has 296 valence electrons. The fourth-order valence-corrected chi connectivity index (χ4v) is 9.14. The number of imidazole rings is 2. The zero-order valence-electron chi connectivity index (χ0n) is 34.1. The number of para-hydroxylation sites is 6. The lowest BCUT2D eigenvalue weighted by Crippen LogP contribution is -2.12. The second kappa shape index (κ2) is 14.8. The number of benzene rings is 10. The van der Waals surface area contributed by atoms with Gasteiger partial charge in [-0.2, -0.15) is 0 Å². The predicted molar refractivity (Wildman–Crippen MR) is 262 cm³/mol. The summed E-state index contributed by atoms with van der Waals surface area (Å²) in [6, 6.07) is 74.3. The van der Waals surface area contributed by atoms with Gasteiger partial charge in [0.1, 0.15) is 17.5 Å².